The van der Waals surface area contributed by atoms with Gasteiger partial charge in [0.2, 0.25) is 0 Å². The number of nitrogens with one attached hydrogen (secondary N) is 1. The van der Waals surface area contributed by atoms with E-state index < -0.39 is 0 Å². The van der Waals surface area contributed by atoms with Gasteiger partial charge in [-0.15, -0.1) is 0 Å². The highest BCUT2D eigenvalue weighted by atomic mass is 35.5. The number of anilines is 1. The third-order valence-corrected chi connectivity index (χ3v) is 4.90. The fourth-order valence-electron chi connectivity index (χ4n) is 3.39. The van der Waals surface area contributed by atoms with Gasteiger partial charge < -0.3 is 10.2 Å². The van der Waals surface area contributed by atoms with Gasteiger partial charge in [0.05, 0.1) is 5.52 Å². The van der Waals surface area contributed by atoms with Crippen LogP contribution in [0.25, 0.3) is 10.9 Å². The van der Waals surface area contributed by atoms with Crippen molar-refractivity contribution in [2.75, 3.05) is 25.0 Å². The minimum atomic E-state index is 0.459. The third-order valence-electron chi connectivity index (χ3n) is 4.67. The summed E-state index contributed by atoms with van der Waals surface area (Å²) in [5.41, 5.74) is 2.10. The second-order valence-electron chi connectivity index (χ2n) is 6.61. The molecule has 1 aliphatic heterocycles. The van der Waals surface area contributed by atoms with E-state index >= 15 is 0 Å². The van der Waals surface area contributed by atoms with Crippen molar-refractivity contribution in [3.8, 4) is 0 Å². The molecule has 2 aromatic rings. The lowest BCUT2D eigenvalue weighted by Gasteiger charge is -2.27. The second-order valence-corrected chi connectivity index (χ2v) is 7.05. The highest BCUT2D eigenvalue weighted by Gasteiger charge is 2.11. The summed E-state index contributed by atoms with van der Waals surface area (Å²) in [6.45, 7) is 6.08. The Morgan fingerprint density at radius 2 is 2.04 bits per heavy atom. The first-order valence-corrected chi connectivity index (χ1v) is 9.13. The number of rotatable bonds is 6. The molecular formula is C19H26ClN3. The molecule has 23 heavy (non-hydrogen) atoms. The maximum Gasteiger partial charge on any atom is 0.0737 e. The van der Waals surface area contributed by atoms with Crippen LogP contribution in [0.1, 0.15) is 39.0 Å². The number of piperidine rings is 1. The summed E-state index contributed by atoms with van der Waals surface area (Å²) in [4.78, 5) is 7.01. The van der Waals surface area contributed by atoms with E-state index in [9.17, 15) is 0 Å². The summed E-state index contributed by atoms with van der Waals surface area (Å²) in [6.07, 6.45) is 8.45. The van der Waals surface area contributed by atoms with Crippen LogP contribution in [0.2, 0.25) is 5.02 Å². The molecule has 0 saturated carbocycles. The maximum absolute atomic E-state index is 6.05. The lowest BCUT2D eigenvalue weighted by molar-refractivity contribution is 0.224. The van der Waals surface area contributed by atoms with Crippen molar-refractivity contribution in [1.82, 2.24) is 9.88 Å². The van der Waals surface area contributed by atoms with Crippen LogP contribution >= 0.6 is 11.6 Å². The van der Waals surface area contributed by atoms with Gasteiger partial charge in [-0.25, -0.2) is 0 Å². The average Bonchev–Trinajstić information content (AvgIpc) is 2.56. The van der Waals surface area contributed by atoms with Crippen LogP contribution in [-0.4, -0.2) is 35.6 Å². The molecule has 0 aliphatic carbocycles. The minimum absolute atomic E-state index is 0.459. The molecule has 3 rings (SSSR count). The quantitative estimate of drug-likeness (QED) is 0.811. The summed E-state index contributed by atoms with van der Waals surface area (Å²) in [5, 5.41) is 5.51. The predicted molar refractivity (Wildman–Crippen MR) is 99.4 cm³/mol. The Morgan fingerprint density at radius 1 is 1.22 bits per heavy atom. The van der Waals surface area contributed by atoms with Crippen LogP contribution in [0.5, 0.6) is 0 Å². The van der Waals surface area contributed by atoms with Gasteiger partial charge in [0.1, 0.15) is 0 Å². The molecule has 1 aromatic heterocycles. The van der Waals surface area contributed by atoms with Gasteiger partial charge in [-0.2, -0.15) is 0 Å². The number of hydrogen-bond donors (Lipinski definition) is 1. The number of likely N-dealkylation sites (tertiary alicyclic amines) is 1. The van der Waals surface area contributed by atoms with Crippen LogP contribution in [0.15, 0.2) is 30.5 Å². The summed E-state index contributed by atoms with van der Waals surface area (Å²) < 4.78 is 0. The number of nitrogens with zero attached hydrogens (tertiary/aromatic N) is 2. The standard InChI is InChI=1S/C19H26ClN3/c1-15(6-5-13-23-11-3-2-4-12-23)22-18-9-10-21-19-14-16(20)7-8-17(18)19/h7-10,14-15H,2-6,11-13H2,1H3,(H,21,22)/t15-/m1/s1. The van der Waals surface area contributed by atoms with Crippen molar-refractivity contribution in [3.63, 3.8) is 0 Å². The van der Waals surface area contributed by atoms with E-state index in [2.05, 4.69) is 28.2 Å². The molecular weight excluding hydrogens is 306 g/mol. The molecule has 1 saturated heterocycles. The number of hydrogen-bond acceptors (Lipinski definition) is 3. The third kappa shape index (κ3) is 4.58. The zero-order valence-corrected chi connectivity index (χ0v) is 14.6. The topological polar surface area (TPSA) is 28.2 Å². The monoisotopic (exact) mass is 331 g/mol. The summed E-state index contributed by atoms with van der Waals surface area (Å²) in [5.74, 6) is 0. The SMILES string of the molecule is C[C@H](CCCN1CCCCC1)Nc1ccnc2cc(Cl)ccc12. The van der Waals surface area contributed by atoms with E-state index in [0.29, 0.717) is 6.04 Å². The number of aromatic nitrogens is 1. The van der Waals surface area contributed by atoms with Gasteiger partial charge in [-0.05, 0) is 76.5 Å². The lowest BCUT2D eigenvalue weighted by Crippen LogP contribution is -2.31. The highest BCUT2D eigenvalue weighted by molar-refractivity contribution is 6.31. The number of halogens is 1. The van der Waals surface area contributed by atoms with Crippen LogP contribution < -0.4 is 5.32 Å². The average molecular weight is 332 g/mol. The molecule has 4 heteroatoms. The van der Waals surface area contributed by atoms with E-state index in [1.165, 1.54) is 51.7 Å². The van der Waals surface area contributed by atoms with Crippen molar-refractivity contribution >= 4 is 28.2 Å². The first-order chi connectivity index (χ1) is 11.2. The van der Waals surface area contributed by atoms with E-state index in [4.69, 9.17) is 11.6 Å². The van der Waals surface area contributed by atoms with E-state index in [1.807, 2.05) is 24.4 Å². The molecule has 0 spiro atoms. The molecule has 1 fully saturated rings. The Morgan fingerprint density at radius 3 is 2.87 bits per heavy atom. The Hall–Kier alpha value is -1.32. The second kappa shape index (κ2) is 7.98. The van der Waals surface area contributed by atoms with Crippen molar-refractivity contribution in [1.29, 1.82) is 0 Å². The fourth-order valence-corrected chi connectivity index (χ4v) is 3.56. The molecule has 124 valence electrons. The highest BCUT2D eigenvalue weighted by Crippen LogP contribution is 2.25. The Balaban J connectivity index is 1.54. The smallest absolute Gasteiger partial charge is 0.0737 e. The zero-order chi connectivity index (χ0) is 16.1. The Bertz CT molecular complexity index is 638. The molecule has 1 N–H and O–H groups in total. The molecule has 1 aromatic carbocycles. The largest absolute Gasteiger partial charge is 0.382 e. The van der Waals surface area contributed by atoms with Crippen LogP contribution in [0, 0.1) is 0 Å². The van der Waals surface area contributed by atoms with Gasteiger partial charge in [-0.3, -0.25) is 4.98 Å². The van der Waals surface area contributed by atoms with Gasteiger partial charge in [0, 0.05) is 28.3 Å². The Labute approximate surface area is 144 Å². The lowest BCUT2D eigenvalue weighted by atomic mass is 10.1. The van der Waals surface area contributed by atoms with Crippen molar-refractivity contribution in [2.24, 2.45) is 0 Å². The molecule has 0 amide bonds. The summed E-state index contributed by atoms with van der Waals surface area (Å²) >= 11 is 6.05. The zero-order valence-electron chi connectivity index (χ0n) is 13.9. The molecule has 2 heterocycles. The predicted octanol–water partition coefficient (Wildman–Crippen LogP) is 4.95. The van der Waals surface area contributed by atoms with Crippen LogP contribution in [0.3, 0.4) is 0 Å². The van der Waals surface area contributed by atoms with Gasteiger partial charge in [0.15, 0.2) is 0 Å². The van der Waals surface area contributed by atoms with Crippen LogP contribution in [0.4, 0.5) is 5.69 Å². The van der Waals surface area contributed by atoms with E-state index in [0.717, 1.165) is 21.6 Å². The number of fused-ring (bicyclic) bond motifs is 1. The summed E-state index contributed by atoms with van der Waals surface area (Å²) in [7, 11) is 0. The summed E-state index contributed by atoms with van der Waals surface area (Å²) in [6, 6.07) is 8.41. The maximum atomic E-state index is 6.05. The normalized spacial score (nSPS) is 17.3. The molecule has 0 unspecified atom stereocenters. The molecule has 0 bridgehead atoms. The first-order valence-electron chi connectivity index (χ1n) is 8.75. The first kappa shape index (κ1) is 16.5. The van der Waals surface area contributed by atoms with E-state index in [1.54, 1.807) is 0 Å². The van der Waals surface area contributed by atoms with Crippen LogP contribution in [-0.2, 0) is 0 Å². The molecule has 1 atom stereocenters. The molecule has 1 aliphatic rings. The number of pyridine rings is 1. The van der Waals surface area contributed by atoms with Gasteiger partial charge in [0.25, 0.3) is 0 Å². The fraction of sp³-hybridized carbons (Fsp3) is 0.526. The molecule has 0 radical (unpaired) electrons. The number of benzene rings is 1. The van der Waals surface area contributed by atoms with Gasteiger partial charge in [-0.1, -0.05) is 18.0 Å². The molecule has 3 nitrogen and oxygen atoms in total. The van der Waals surface area contributed by atoms with Crippen molar-refractivity contribution in [2.45, 2.75) is 45.1 Å². The van der Waals surface area contributed by atoms with Crippen molar-refractivity contribution < 1.29 is 0 Å². The van der Waals surface area contributed by atoms with Gasteiger partial charge >= 0.3 is 0 Å². The Kier molecular flexibility index (Phi) is 5.74. The minimum Gasteiger partial charge on any atom is -0.382 e. The van der Waals surface area contributed by atoms with Crippen molar-refractivity contribution in [3.05, 3.63) is 35.5 Å². The van der Waals surface area contributed by atoms with E-state index in [-0.39, 0.29) is 0 Å².